The molecule has 0 bridgehead atoms. The Bertz CT molecular complexity index is 655. The lowest BCUT2D eigenvalue weighted by atomic mass is 10.3. The second-order valence-electron chi connectivity index (χ2n) is 4.52. The van der Waals surface area contributed by atoms with E-state index in [9.17, 15) is 13.6 Å². The maximum atomic E-state index is 13.3. The van der Waals surface area contributed by atoms with Gasteiger partial charge >= 0.3 is 5.97 Å². The number of nitrogens with zero attached hydrogens (tertiary/aromatic N) is 2. The van der Waals surface area contributed by atoms with Crippen molar-refractivity contribution >= 4 is 23.0 Å². The fourth-order valence-electron chi connectivity index (χ4n) is 1.78. The summed E-state index contributed by atoms with van der Waals surface area (Å²) in [6, 6.07) is 1.90. The van der Waals surface area contributed by atoms with E-state index in [1.165, 1.54) is 4.57 Å². The number of fused-ring (bicyclic) bond motifs is 1. The normalized spacial score (nSPS) is 12.6. The van der Waals surface area contributed by atoms with Gasteiger partial charge in [0.2, 0.25) is 5.95 Å². The van der Waals surface area contributed by atoms with Crippen LogP contribution in [-0.2, 0) is 16.1 Å². The summed E-state index contributed by atoms with van der Waals surface area (Å²) < 4.78 is 32.8. The zero-order valence-electron chi connectivity index (χ0n) is 11.2. The fraction of sp³-hybridized carbons (Fsp3) is 0.385. The van der Waals surface area contributed by atoms with Crippen LogP contribution >= 0.6 is 0 Å². The van der Waals surface area contributed by atoms with Crippen LogP contribution in [0.5, 0.6) is 0 Å². The predicted octanol–water partition coefficient (Wildman–Crippen LogP) is 2.24. The third-order valence-electron chi connectivity index (χ3n) is 3.01. The second-order valence-corrected chi connectivity index (χ2v) is 4.52. The lowest BCUT2D eigenvalue weighted by molar-refractivity contribution is -0.148. The van der Waals surface area contributed by atoms with E-state index in [4.69, 9.17) is 10.5 Å². The highest BCUT2D eigenvalue weighted by atomic mass is 19.2. The summed E-state index contributed by atoms with van der Waals surface area (Å²) >= 11 is 0. The standard InChI is InChI=1S/C13H15F2N3O2/c1-3-7(2)20-12(19)6-18-11-5-9(15)8(14)4-10(11)17-13(18)16/h4-5,7H,3,6H2,1-2H3,(H2,16,17). The van der Waals surface area contributed by atoms with Crippen LogP contribution in [0.2, 0.25) is 0 Å². The van der Waals surface area contributed by atoms with Gasteiger partial charge in [-0.15, -0.1) is 0 Å². The minimum atomic E-state index is -1.02. The van der Waals surface area contributed by atoms with Gasteiger partial charge in [-0.2, -0.15) is 0 Å². The zero-order chi connectivity index (χ0) is 14.9. The Morgan fingerprint density at radius 2 is 2.10 bits per heavy atom. The first kappa shape index (κ1) is 14.2. The Labute approximate surface area is 114 Å². The van der Waals surface area contributed by atoms with E-state index in [2.05, 4.69) is 4.98 Å². The lowest BCUT2D eigenvalue weighted by Gasteiger charge is -2.12. The van der Waals surface area contributed by atoms with Gasteiger partial charge in [0, 0.05) is 12.1 Å². The van der Waals surface area contributed by atoms with Crippen LogP contribution in [0.4, 0.5) is 14.7 Å². The second kappa shape index (κ2) is 5.44. The predicted molar refractivity (Wildman–Crippen MR) is 69.9 cm³/mol. The minimum Gasteiger partial charge on any atom is -0.461 e. The van der Waals surface area contributed by atoms with E-state index in [0.29, 0.717) is 6.42 Å². The SMILES string of the molecule is CCC(C)OC(=O)Cn1c(N)nc2cc(F)c(F)cc21. The number of benzene rings is 1. The van der Waals surface area contributed by atoms with E-state index in [0.717, 1.165) is 12.1 Å². The van der Waals surface area contributed by atoms with Gasteiger partial charge in [-0.3, -0.25) is 9.36 Å². The largest absolute Gasteiger partial charge is 0.461 e. The summed E-state index contributed by atoms with van der Waals surface area (Å²) in [7, 11) is 0. The van der Waals surface area contributed by atoms with Crippen molar-refractivity contribution in [1.29, 1.82) is 0 Å². The van der Waals surface area contributed by atoms with Gasteiger partial charge in [-0.05, 0) is 13.3 Å². The Hall–Kier alpha value is -2.18. The lowest BCUT2D eigenvalue weighted by Crippen LogP contribution is -2.20. The van der Waals surface area contributed by atoms with E-state index in [1.54, 1.807) is 6.92 Å². The number of carbonyl (C=O) groups is 1. The number of nitrogens with two attached hydrogens (primary N) is 1. The van der Waals surface area contributed by atoms with Crippen molar-refractivity contribution in [2.24, 2.45) is 0 Å². The van der Waals surface area contributed by atoms with Gasteiger partial charge in [0.25, 0.3) is 0 Å². The molecular weight excluding hydrogens is 268 g/mol. The molecule has 1 atom stereocenters. The minimum absolute atomic E-state index is 0.00565. The summed E-state index contributed by atoms with van der Waals surface area (Å²) in [6.45, 7) is 3.46. The number of anilines is 1. The number of esters is 1. The van der Waals surface area contributed by atoms with Crippen LogP contribution in [0.3, 0.4) is 0 Å². The quantitative estimate of drug-likeness (QED) is 0.874. The monoisotopic (exact) mass is 283 g/mol. The number of hydrogen-bond acceptors (Lipinski definition) is 4. The highest BCUT2D eigenvalue weighted by Crippen LogP contribution is 2.21. The molecule has 0 aliphatic carbocycles. The van der Waals surface area contributed by atoms with Crippen molar-refractivity contribution in [3.63, 3.8) is 0 Å². The van der Waals surface area contributed by atoms with Gasteiger partial charge in [0.15, 0.2) is 11.6 Å². The molecule has 2 aromatic rings. The van der Waals surface area contributed by atoms with Crippen LogP contribution in [0.15, 0.2) is 12.1 Å². The molecule has 2 rings (SSSR count). The number of rotatable bonds is 4. The number of carbonyl (C=O) groups excluding carboxylic acids is 1. The molecule has 2 N–H and O–H groups in total. The van der Waals surface area contributed by atoms with Crippen LogP contribution in [0.25, 0.3) is 11.0 Å². The van der Waals surface area contributed by atoms with Gasteiger partial charge in [0.1, 0.15) is 6.54 Å². The molecule has 0 spiro atoms. The molecule has 5 nitrogen and oxygen atoms in total. The van der Waals surface area contributed by atoms with Gasteiger partial charge in [0.05, 0.1) is 17.1 Å². The molecule has 0 saturated heterocycles. The molecule has 0 amide bonds. The Morgan fingerprint density at radius 3 is 2.75 bits per heavy atom. The topological polar surface area (TPSA) is 70.1 Å². The van der Waals surface area contributed by atoms with Gasteiger partial charge < -0.3 is 10.5 Å². The Morgan fingerprint density at radius 1 is 1.45 bits per heavy atom. The van der Waals surface area contributed by atoms with Crippen LogP contribution < -0.4 is 5.73 Å². The van der Waals surface area contributed by atoms with Crippen molar-refractivity contribution in [2.45, 2.75) is 32.9 Å². The molecular formula is C13H15F2N3O2. The molecule has 1 unspecified atom stereocenters. The van der Waals surface area contributed by atoms with Crippen molar-refractivity contribution in [3.8, 4) is 0 Å². The molecule has 1 heterocycles. The van der Waals surface area contributed by atoms with Gasteiger partial charge in [-0.25, -0.2) is 13.8 Å². The highest BCUT2D eigenvalue weighted by Gasteiger charge is 2.16. The molecule has 1 aromatic carbocycles. The number of nitrogen functional groups attached to an aromatic ring is 1. The third kappa shape index (κ3) is 2.71. The van der Waals surface area contributed by atoms with Crippen LogP contribution in [0.1, 0.15) is 20.3 Å². The third-order valence-corrected chi connectivity index (χ3v) is 3.01. The number of hydrogen-bond donors (Lipinski definition) is 1. The average Bonchev–Trinajstić information content (AvgIpc) is 2.66. The van der Waals surface area contributed by atoms with E-state index < -0.39 is 17.6 Å². The summed E-state index contributed by atoms with van der Waals surface area (Å²) in [4.78, 5) is 15.6. The van der Waals surface area contributed by atoms with E-state index >= 15 is 0 Å². The summed E-state index contributed by atoms with van der Waals surface area (Å²) in [5.41, 5.74) is 6.11. The highest BCUT2D eigenvalue weighted by molar-refractivity contribution is 5.81. The molecule has 0 aliphatic heterocycles. The van der Waals surface area contributed by atoms with E-state index in [1.807, 2.05) is 6.92 Å². The van der Waals surface area contributed by atoms with Crippen molar-refractivity contribution < 1.29 is 18.3 Å². The maximum Gasteiger partial charge on any atom is 0.326 e. The van der Waals surface area contributed by atoms with Crippen molar-refractivity contribution in [1.82, 2.24) is 9.55 Å². The summed E-state index contributed by atoms with van der Waals surface area (Å²) in [6.07, 6.45) is 0.471. The number of ether oxygens (including phenoxy) is 1. The van der Waals surface area contributed by atoms with E-state index in [-0.39, 0.29) is 29.6 Å². The smallest absolute Gasteiger partial charge is 0.326 e. The maximum absolute atomic E-state index is 13.3. The van der Waals surface area contributed by atoms with Crippen molar-refractivity contribution in [3.05, 3.63) is 23.8 Å². The first-order valence-electron chi connectivity index (χ1n) is 6.22. The first-order valence-corrected chi connectivity index (χ1v) is 6.22. The molecule has 7 heteroatoms. The zero-order valence-corrected chi connectivity index (χ0v) is 11.2. The molecule has 20 heavy (non-hydrogen) atoms. The van der Waals surface area contributed by atoms with Crippen molar-refractivity contribution in [2.75, 3.05) is 5.73 Å². The molecule has 0 fully saturated rings. The fourth-order valence-corrected chi connectivity index (χ4v) is 1.78. The Kier molecular flexibility index (Phi) is 3.87. The average molecular weight is 283 g/mol. The van der Waals surface area contributed by atoms with Crippen LogP contribution in [0, 0.1) is 11.6 Å². The summed E-state index contributed by atoms with van der Waals surface area (Å²) in [5, 5.41) is 0. The Balaban J connectivity index is 2.32. The molecule has 0 aliphatic rings. The number of halogens is 2. The van der Waals surface area contributed by atoms with Gasteiger partial charge in [-0.1, -0.05) is 6.92 Å². The number of aromatic nitrogens is 2. The molecule has 0 saturated carbocycles. The first-order chi connectivity index (χ1) is 9.42. The summed E-state index contributed by atoms with van der Waals surface area (Å²) in [5.74, 6) is -2.53. The molecule has 0 radical (unpaired) electrons. The number of imidazole rings is 1. The molecule has 108 valence electrons. The van der Waals surface area contributed by atoms with Crippen LogP contribution in [-0.4, -0.2) is 21.6 Å². The molecule has 1 aromatic heterocycles.